The quantitative estimate of drug-likeness (QED) is 0.880. The predicted octanol–water partition coefficient (Wildman–Crippen LogP) is 1.53. The van der Waals surface area contributed by atoms with Gasteiger partial charge in [-0.05, 0) is 18.7 Å². The summed E-state index contributed by atoms with van der Waals surface area (Å²) in [6.45, 7) is 8.28. The number of thioether (sulfide) groups is 1. The van der Waals surface area contributed by atoms with E-state index in [9.17, 15) is 0 Å². The van der Waals surface area contributed by atoms with Crippen LogP contribution >= 0.6 is 11.8 Å². The van der Waals surface area contributed by atoms with Gasteiger partial charge in [0.05, 0.1) is 5.69 Å². The highest BCUT2D eigenvalue weighted by molar-refractivity contribution is 8.00. The standard InChI is InChI=1S/C12H20N4S/c1-3-13-8-11-4-5-12(15-14-11)16-6-7-17-10(2)9-16/h4-5,10,13H,3,6-9H2,1-2H3. The lowest BCUT2D eigenvalue weighted by Gasteiger charge is -2.31. The van der Waals surface area contributed by atoms with Crippen LogP contribution in [0.3, 0.4) is 0 Å². The molecule has 0 amide bonds. The van der Waals surface area contributed by atoms with Crippen LogP contribution < -0.4 is 10.2 Å². The minimum absolute atomic E-state index is 0.687. The Labute approximate surface area is 107 Å². The second kappa shape index (κ2) is 6.21. The van der Waals surface area contributed by atoms with E-state index in [4.69, 9.17) is 0 Å². The molecule has 94 valence electrons. The summed E-state index contributed by atoms with van der Waals surface area (Å²) in [6, 6.07) is 4.15. The Morgan fingerprint density at radius 3 is 3.00 bits per heavy atom. The first kappa shape index (κ1) is 12.6. The molecule has 1 aliphatic heterocycles. The molecule has 17 heavy (non-hydrogen) atoms. The fraction of sp³-hybridized carbons (Fsp3) is 0.667. The summed E-state index contributed by atoms with van der Waals surface area (Å²) in [5.41, 5.74) is 1.01. The van der Waals surface area contributed by atoms with E-state index in [1.807, 2.05) is 11.8 Å². The zero-order chi connectivity index (χ0) is 12.1. The molecular formula is C12H20N4S. The zero-order valence-electron chi connectivity index (χ0n) is 10.5. The van der Waals surface area contributed by atoms with Crippen molar-refractivity contribution in [2.75, 3.05) is 30.3 Å². The van der Waals surface area contributed by atoms with Crippen molar-refractivity contribution in [3.63, 3.8) is 0 Å². The van der Waals surface area contributed by atoms with Crippen LogP contribution in [0.5, 0.6) is 0 Å². The van der Waals surface area contributed by atoms with Gasteiger partial charge in [0.2, 0.25) is 0 Å². The van der Waals surface area contributed by atoms with E-state index in [-0.39, 0.29) is 0 Å². The van der Waals surface area contributed by atoms with Crippen molar-refractivity contribution in [2.24, 2.45) is 0 Å². The third-order valence-electron chi connectivity index (χ3n) is 2.83. The van der Waals surface area contributed by atoms with E-state index in [1.54, 1.807) is 0 Å². The lowest BCUT2D eigenvalue weighted by atomic mass is 10.3. The van der Waals surface area contributed by atoms with Gasteiger partial charge in [0, 0.05) is 30.6 Å². The van der Waals surface area contributed by atoms with Crippen LogP contribution in [0, 0.1) is 0 Å². The highest BCUT2D eigenvalue weighted by atomic mass is 32.2. The maximum absolute atomic E-state index is 4.32. The van der Waals surface area contributed by atoms with Gasteiger partial charge in [0.1, 0.15) is 0 Å². The van der Waals surface area contributed by atoms with Crippen LogP contribution in [0.2, 0.25) is 0 Å². The molecule has 1 aromatic heterocycles. The fourth-order valence-electron chi connectivity index (χ4n) is 1.90. The molecule has 1 atom stereocenters. The summed E-state index contributed by atoms with van der Waals surface area (Å²) in [7, 11) is 0. The maximum atomic E-state index is 4.32. The van der Waals surface area contributed by atoms with Crippen LogP contribution in [0.25, 0.3) is 0 Å². The van der Waals surface area contributed by atoms with Gasteiger partial charge < -0.3 is 10.2 Å². The molecule has 0 spiro atoms. The normalized spacial score (nSPS) is 20.6. The summed E-state index contributed by atoms with van der Waals surface area (Å²) in [5, 5.41) is 12.5. The Bertz CT molecular complexity index is 341. The van der Waals surface area contributed by atoms with Crippen molar-refractivity contribution < 1.29 is 0 Å². The van der Waals surface area contributed by atoms with E-state index in [2.05, 4.69) is 46.4 Å². The van der Waals surface area contributed by atoms with Crippen LogP contribution in [0.1, 0.15) is 19.5 Å². The average Bonchev–Trinajstić information content (AvgIpc) is 2.37. The minimum Gasteiger partial charge on any atom is -0.353 e. The minimum atomic E-state index is 0.687. The Morgan fingerprint density at radius 2 is 2.35 bits per heavy atom. The number of nitrogens with one attached hydrogen (secondary N) is 1. The monoisotopic (exact) mass is 252 g/mol. The van der Waals surface area contributed by atoms with Crippen LogP contribution in [0.4, 0.5) is 5.82 Å². The van der Waals surface area contributed by atoms with Crippen LogP contribution in [-0.2, 0) is 6.54 Å². The lowest BCUT2D eigenvalue weighted by molar-refractivity contribution is 0.692. The van der Waals surface area contributed by atoms with Crippen molar-refractivity contribution in [2.45, 2.75) is 25.6 Å². The fourth-order valence-corrected chi connectivity index (χ4v) is 2.91. The zero-order valence-corrected chi connectivity index (χ0v) is 11.3. The van der Waals surface area contributed by atoms with Gasteiger partial charge >= 0.3 is 0 Å². The molecule has 1 N–H and O–H groups in total. The van der Waals surface area contributed by atoms with Gasteiger partial charge in [0.15, 0.2) is 5.82 Å². The highest BCUT2D eigenvalue weighted by Crippen LogP contribution is 2.21. The number of anilines is 1. The van der Waals surface area contributed by atoms with Crippen LogP contribution in [-0.4, -0.2) is 40.8 Å². The van der Waals surface area contributed by atoms with E-state index in [1.165, 1.54) is 5.75 Å². The van der Waals surface area contributed by atoms with Crippen molar-refractivity contribution in [3.8, 4) is 0 Å². The molecule has 1 unspecified atom stereocenters. The first-order valence-electron chi connectivity index (χ1n) is 6.19. The second-order valence-corrected chi connectivity index (χ2v) is 5.84. The molecule has 0 bridgehead atoms. The molecule has 0 aliphatic carbocycles. The molecular weight excluding hydrogens is 232 g/mol. The van der Waals surface area contributed by atoms with E-state index < -0.39 is 0 Å². The van der Waals surface area contributed by atoms with Gasteiger partial charge in [-0.15, -0.1) is 5.10 Å². The molecule has 4 nitrogen and oxygen atoms in total. The third kappa shape index (κ3) is 3.57. The number of nitrogens with zero attached hydrogens (tertiary/aromatic N) is 3. The molecule has 2 rings (SSSR count). The van der Waals surface area contributed by atoms with Gasteiger partial charge in [-0.3, -0.25) is 0 Å². The number of hydrogen-bond donors (Lipinski definition) is 1. The number of aromatic nitrogens is 2. The molecule has 0 radical (unpaired) electrons. The topological polar surface area (TPSA) is 41.0 Å². The molecule has 1 aromatic rings. The smallest absolute Gasteiger partial charge is 0.151 e. The Hall–Kier alpha value is -0.810. The Morgan fingerprint density at radius 1 is 1.47 bits per heavy atom. The molecule has 0 aromatic carbocycles. The van der Waals surface area contributed by atoms with E-state index >= 15 is 0 Å². The van der Waals surface area contributed by atoms with Crippen molar-refractivity contribution in [1.29, 1.82) is 0 Å². The van der Waals surface area contributed by atoms with E-state index in [0.717, 1.165) is 37.7 Å². The summed E-state index contributed by atoms with van der Waals surface area (Å²) < 4.78 is 0. The first-order valence-corrected chi connectivity index (χ1v) is 7.24. The average molecular weight is 252 g/mol. The van der Waals surface area contributed by atoms with Crippen molar-refractivity contribution in [3.05, 3.63) is 17.8 Å². The summed E-state index contributed by atoms with van der Waals surface area (Å²) in [5.74, 6) is 2.19. The SMILES string of the molecule is CCNCc1ccc(N2CCSC(C)C2)nn1. The van der Waals surface area contributed by atoms with Gasteiger partial charge in [-0.25, -0.2) is 0 Å². The molecule has 1 fully saturated rings. The molecule has 0 saturated carbocycles. The molecule has 5 heteroatoms. The van der Waals surface area contributed by atoms with Gasteiger partial charge in [-0.2, -0.15) is 16.9 Å². The van der Waals surface area contributed by atoms with E-state index in [0.29, 0.717) is 5.25 Å². The van der Waals surface area contributed by atoms with Gasteiger partial charge in [-0.1, -0.05) is 13.8 Å². The van der Waals surface area contributed by atoms with Crippen LogP contribution in [0.15, 0.2) is 12.1 Å². The molecule has 1 saturated heterocycles. The van der Waals surface area contributed by atoms with Crippen molar-refractivity contribution in [1.82, 2.24) is 15.5 Å². The summed E-state index contributed by atoms with van der Waals surface area (Å²) in [4.78, 5) is 2.32. The maximum Gasteiger partial charge on any atom is 0.151 e. The molecule has 1 aliphatic rings. The predicted molar refractivity (Wildman–Crippen MR) is 73.5 cm³/mol. The summed E-state index contributed by atoms with van der Waals surface area (Å²) >= 11 is 2.03. The lowest BCUT2D eigenvalue weighted by Crippen LogP contribution is -2.37. The number of rotatable bonds is 4. The first-order chi connectivity index (χ1) is 8.29. The summed E-state index contributed by atoms with van der Waals surface area (Å²) in [6.07, 6.45) is 0. The molecule has 2 heterocycles. The third-order valence-corrected chi connectivity index (χ3v) is 3.96. The van der Waals surface area contributed by atoms with Gasteiger partial charge in [0.25, 0.3) is 0 Å². The Kier molecular flexibility index (Phi) is 4.62. The second-order valence-electron chi connectivity index (χ2n) is 4.29. The van der Waals surface area contributed by atoms with Crippen molar-refractivity contribution >= 4 is 17.6 Å². The largest absolute Gasteiger partial charge is 0.353 e. The number of hydrogen-bond acceptors (Lipinski definition) is 5. The highest BCUT2D eigenvalue weighted by Gasteiger charge is 2.17. The Balaban J connectivity index is 1.96.